The van der Waals surface area contributed by atoms with Gasteiger partial charge in [-0.3, -0.25) is 4.79 Å². The number of amides is 1. The molecule has 0 saturated carbocycles. The molecule has 0 aliphatic rings. The first-order chi connectivity index (χ1) is 11.6. The normalized spacial score (nSPS) is 10.6. The Morgan fingerprint density at radius 1 is 1.21 bits per heavy atom. The van der Waals surface area contributed by atoms with Crippen LogP contribution in [0.1, 0.15) is 5.56 Å². The number of para-hydroxylation sites is 1. The molecule has 0 unspecified atom stereocenters. The Labute approximate surface area is 157 Å². The fraction of sp³-hybridized carbons (Fsp3) is 0.111. The van der Waals surface area contributed by atoms with E-state index in [2.05, 4.69) is 57.4 Å². The molecule has 0 fully saturated rings. The third-order valence-electron chi connectivity index (χ3n) is 3.31. The van der Waals surface area contributed by atoms with E-state index < -0.39 is 0 Å². The zero-order chi connectivity index (χ0) is 16.9. The number of nitrogens with one attached hydrogen (secondary N) is 1. The highest BCUT2D eigenvalue weighted by Gasteiger charge is 2.09. The Morgan fingerprint density at radius 2 is 1.96 bits per heavy atom. The maximum atomic E-state index is 12.1. The number of nitrogens with zero attached hydrogens (tertiary/aromatic N) is 1. The van der Waals surface area contributed by atoms with Gasteiger partial charge < -0.3 is 5.32 Å². The molecule has 3 nitrogen and oxygen atoms in total. The summed E-state index contributed by atoms with van der Waals surface area (Å²) in [6.07, 6.45) is 0. The molecule has 1 aromatic heterocycles. The van der Waals surface area contributed by atoms with E-state index in [0.717, 1.165) is 25.8 Å². The molecule has 1 amide bonds. The van der Waals surface area contributed by atoms with Gasteiger partial charge in [0.15, 0.2) is 4.34 Å². The fourth-order valence-corrected chi connectivity index (χ4v) is 4.08. The van der Waals surface area contributed by atoms with Crippen molar-refractivity contribution in [2.75, 3.05) is 11.1 Å². The zero-order valence-electron chi connectivity index (χ0n) is 13.0. The molecule has 0 saturated heterocycles. The lowest BCUT2D eigenvalue weighted by Crippen LogP contribution is -2.14. The summed E-state index contributed by atoms with van der Waals surface area (Å²) in [6, 6.07) is 15.9. The molecule has 0 radical (unpaired) electrons. The molecule has 0 aliphatic heterocycles. The van der Waals surface area contributed by atoms with E-state index in [9.17, 15) is 4.79 Å². The van der Waals surface area contributed by atoms with Gasteiger partial charge in [-0.2, -0.15) is 0 Å². The number of thiazole rings is 1. The van der Waals surface area contributed by atoms with Crippen molar-refractivity contribution in [3.63, 3.8) is 0 Å². The van der Waals surface area contributed by atoms with Gasteiger partial charge in [0.2, 0.25) is 5.91 Å². The molecule has 24 heavy (non-hydrogen) atoms. The van der Waals surface area contributed by atoms with E-state index in [1.807, 2.05) is 29.6 Å². The summed E-state index contributed by atoms with van der Waals surface area (Å²) in [6.45, 7) is 2.07. The van der Waals surface area contributed by atoms with Crippen molar-refractivity contribution < 1.29 is 4.79 Å². The minimum atomic E-state index is -0.0426. The monoisotopic (exact) mass is 418 g/mol. The van der Waals surface area contributed by atoms with Gasteiger partial charge in [0.05, 0.1) is 17.1 Å². The number of halogens is 1. The number of hydrogen-bond acceptors (Lipinski definition) is 4. The van der Waals surface area contributed by atoms with Gasteiger partial charge in [-0.25, -0.2) is 4.98 Å². The quantitative estimate of drug-likeness (QED) is 0.547. The topological polar surface area (TPSA) is 42.0 Å². The molecule has 3 rings (SSSR count). The summed E-state index contributed by atoms with van der Waals surface area (Å²) >= 11 is 6.44. The molecule has 0 atom stereocenters. The summed E-state index contributed by atoms with van der Waals surface area (Å²) in [4.78, 5) is 16.7. The predicted molar refractivity (Wildman–Crippen MR) is 106 cm³/mol. The molecular formula is C18H15BrN2OS2. The Kier molecular flexibility index (Phi) is 5.71. The first-order valence-electron chi connectivity index (χ1n) is 7.31. The van der Waals surface area contributed by atoms with Gasteiger partial charge in [-0.05, 0) is 35.0 Å². The van der Waals surface area contributed by atoms with Gasteiger partial charge in [0.25, 0.3) is 0 Å². The van der Waals surface area contributed by atoms with Gasteiger partial charge >= 0.3 is 0 Å². The Balaban J connectivity index is 1.58. The zero-order valence-corrected chi connectivity index (χ0v) is 16.2. The van der Waals surface area contributed by atoms with Crippen LogP contribution in [0.15, 0.2) is 62.7 Å². The molecule has 122 valence electrons. The first-order valence-corrected chi connectivity index (χ1v) is 9.97. The van der Waals surface area contributed by atoms with Crippen LogP contribution in [-0.4, -0.2) is 16.6 Å². The average Bonchev–Trinajstić information content (AvgIpc) is 3.05. The number of carbonyl (C=O) groups is 1. The van der Waals surface area contributed by atoms with E-state index >= 15 is 0 Å². The Morgan fingerprint density at radius 3 is 2.71 bits per heavy atom. The van der Waals surface area contributed by atoms with Crippen LogP contribution in [0, 0.1) is 6.92 Å². The van der Waals surface area contributed by atoms with Crippen LogP contribution in [0.2, 0.25) is 0 Å². The summed E-state index contributed by atoms with van der Waals surface area (Å²) in [5.41, 5.74) is 4.06. The number of thioether (sulfide) groups is 1. The van der Waals surface area contributed by atoms with Crippen LogP contribution >= 0.6 is 39.0 Å². The Hall–Kier alpha value is -1.63. The van der Waals surface area contributed by atoms with E-state index in [1.54, 1.807) is 11.3 Å². The SMILES string of the molecule is Cc1ccc(-c2csc(SCC(=O)Nc3ccccc3Br)n2)cc1. The van der Waals surface area contributed by atoms with Crippen LogP contribution in [0.5, 0.6) is 0 Å². The van der Waals surface area contributed by atoms with Crippen molar-refractivity contribution in [2.45, 2.75) is 11.3 Å². The van der Waals surface area contributed by atoms with Gasteiger partial charge in [-0.1, -0.05) is 53.7 Å². The highest BCUT2D eigenvalue weighted by molar-refractivity contribution is 9.10. The molecular weight excluding hydrogens is 404 g/mol. The molecule has 0 bridgehead atoms. The van der Waals surface area contributed by atoms with E-state index in [-0.39, 0.29) is 5.91 Å². The fourth-order valence-electron chi connectivity index (χ4n) is 2.06. The standard InChI is InChI=1S/C18H15BrN2OS2/c1-12-6-8-13(9-7-12)16-10-23-18(21-16)24-11-17(22)20-15-5-3-2-4-14(15)19/h2-10H,11H2,1H3,(H,20,22). The summed E-state index contributed by atoms with van der Waals surface area (Å²) in [7, 11) is 0. The lowest BCUT2D eigenvalue weighted by molar-refractivity contribution is -0.113. The molecule has 1 N–H and O–H groups in total. The van der Waals surface area contributed by atoms with Crippen molar-refractivity contribution in [2.24, 2.45) is 0 Å². The van der Waals surface area contributed by atoms with Crippen LogP contribution in [-0.2, 0) is 4.79 Å². The molecule has 6 heteroatoms. The predicted octanol–water partition coefficient (Wildman–Crippen LogP) is 5.61. The maximum Gasteiger partial charge on any atom is 0.234 e. The van der Waals surface area contributed by atoms with E-state index in [1.165, 1.54) is 17.3 Å². The number of anilines is 1. The van der Waals surface area contributed by atoms with Gasteiger partial charge in [0.1, 0.15) is 0 Å². The van der Waals surface area contributed by atoms with Crippen molar-refractivity contribution >= 4 is 50.6 Å². The highest BCUT2D eigenvalue weighted by Crippen LogP contribution is 2.29. The third-order valence-corrected chi connectivity index (χ3v) is 6.02. The highest BCUT2D eigenvalue weighted by atomic mass is 79.9. The average molecular weight is 419 g/mol. The first kappa shape index (κ1) is 17.2. The second-order valence-corrected chi connectivity index (χ2v) is 8.12. The van der Waals surface area contributed by atoms with Crippen molar-refractivity contribution in [3.05, 3.63) is 63.9 Å². The van der Waals surface area contributed by atoms with Crippen LogP contribution in [0.25, 0.3) is 11.3 Å². The third kappa shape index (κ3) is 4.47. The van der Waals surface area contributed by atoms with E-state index in [4.69, 9.17) is 0 Å². The van der Waals surface area contributed by atoms with Crippen LogP contribution < -0.4 is 5.32 Å². The molecule has 0 spiro atoms. The number of benzene rings is 2. The second kappa shape index (κ2) is 7.96. The van der Waals surface area contributed by atoms with Gasteiger partial charge in [-0.15, -0.1) is 11.3 Å². The lowest BCUT2D eigenvalue weighted by atomic mass is 10.1. The van der Waals surface area contributed by atoms with E-state index in [0.29, 0.717) is 5.75 Å². The van der Waals surface area contributed by atoms with Crippen molar-refractivity contribution in [1.29, 1.82) is 0 Å². The number of aryl methyl sites for hydroxylation is 1. The molecule has 2 aromatic carbocycles. The largest absolute Gasteiger partial charge is 0.324 e. The summed E-state index contributed by atoms with van der Waals surface area (Å²) in [5.74, 6) is 0.293. The number of hydrogen-bond donors (Lipinski definition) is 1. The van der Waals surface area contributed by atoms with Crippen molar-refractivity contribution in [1.82, 2.24) is 4.98 Å². The summed E-state index contributed by atoms with van der Waals surface area (Å²) in [5, 5.41) is 4.92. The lowest BCUT2D eigenvalue weighted by Gasteiger charge is -2.06. The smallest absolute Gasteiger partial charge is 0.234 e. The molecule has 1 heterocycles. The molecule has 3 aromatic rings. The van der Waals surface area contributed by atoms with Crippen molar-refractivity contribution in [3.8, 4) is 11.3 Å². The number of rotatable bonds is 5. The Bertz CT molecular complexity index is 846. The van der Waals surface area contributed by atoms with Crippen LogP contribution in [0.3, 0.4) is 0 Å². The second-order valence-electron chi connectivity index (χ2n) is 5.18. The maximum absolute atomic E-state index is 12.1. The minimum absolute atomic E-state index is 0.0426. The summed E-state index contributed by atoms with van der Waals surface area (Å²) < 4.78 is 1.77. The minimum Gasteiger partial charge on any atom is -0.324 e. The number of aromatic nitrogens is 1. The van der Waals surface area contributed by atoms with Gasteiger partial charge in [0, 0.05) is 15.4 Å². The molecule has 0 aliphatic carbocycles. The van der Waals surface area contributed by atoms with Crippen LogP contribution in [0.4, 0.5) is 5.69 Å². The number of carbonyl (C=O) groups excluding carboxylic acids is 1.